The molecule has 1 saturated carbocycles. The van der Waals surface area contributed by atoms with Gasteiger partial charge in [0.15, 0.2) is 0 Å². The van der Waals surface area contributed by atoms with Gasteiger partial charge in [0.05, 0.1) is 5.69 Å². The van der Waals surface area contributed by atoms with E-state index in [1.165, 1.54) is 11.3 Å². The number of rotatable bonds is 6. The zero-order chi connectivity index (χ0) is 16.2. The molecule has 2 amide bonds. The van der Waals surface area contributed by atoms with Crippen molar-refractivity contribution in [1.29, 1.82) is 0 Å². The van der Waals surface area contributed by atoms with Gasteiger partial charge in [-0.15, -0.1) is 11.3 Å². The molecule has 120 valence electrons. The minimum atomic E-state index is -0.269. The largest absolute Gasteiger partial charge is 0.350 e. The summed E-state index contributed by atoms with van der Waals surface area (Å²) in [5.41, 5.74) is 6.99. The number of carbonyl (C=O) groups excluding carboxylic acids is 2. The van der Waals surface area contributed by atoms with Gasteiger partial charge in [-0.1, -0.05) is 0 Å². The SMILES string of the molecule is NC(CNC(=O)c1sccc1NC(=O)c1ccncc1)C1CC1. The van der Waals surface area contributed by atoms with Gasteiger partial charge in [-0.05, 0) is 42.3 Å². The third-order valence-electron chi connectivity index (χ3n) is 3.79. The average molecular weight is 330 g/mol. The molecule has 4 N–H and O–H groups in total. The molecular formula is C16H18N4O2S. The van der Waals surface area contributed by atoms with Crippen molar-refractivity contribution in [3.05, 3.63) is 46.4 Å². The highest BCUT2D eigenvalue weighted by atomic mass is 32.1. The maximum Gasteiger partial charge on any atom is 0.263 e. The van der Waals surface area contributed by atoms with Crippen LogP contribution in [0, 0.1) is 5.92 Å². The third kappa shape index (κ3) is 3.94. The fourth-order valence-electron chi connectivity index (χ4n) is 2.26. The Kier molecular flexibility index (Phi) is 4.68. The normalized spacial score (nSPS) is 15.0. The Labute approximate surface area is 138 Å². The lowest BCUT2D eigenvalue weighted by atomic mass is 10.2. The van der Waals surface area contributed by atoms with E-state index in [1.807, 2.05) is 0 Å². The monoisotopic (exact) mass is 330 g/mol. The number of hydrogen-bond donors (Lipinski definition) is 3. The number of nitrogens with two attached hydrogens (primary N) is 1. The van der Waals surface area contributed by atoms with Crippen LogP contribution in [0.25, 0.3) is 0 Å². The van der Waals surface area contributed by atoms with E-state index in [0.29, 0.717) is 28.6 Å². The van der Waals surface area contributed by atoms with Crippen LogP contribution < -0.4 is 16.4 Å². The molecule has 1 fully saturated rings. The molecule has 1 aliphatic carbocycles. The third-order valence-corrected chi connectivity index (χ3v) is 4.70. The molecule has 0 bridgehead atoms. The van der Waals surface area contributed by atoms with Crippen LogP contribution in [0.3, 0.4) is 0 Å². The molecule has 0 radical (unpaired) electrons. The predicted octanol–water partition coefficient (Wildman–Crippen LogP) is 1.86. The van der Waals surface area contributed by atoms with Crippen molar-refractivity contribution in [2.24, 2.45) is 11.7 Å². The van der Waals surface area contributed by atoms with E-state index in [-0.39, 0.29) is 17.9 Å². The summed E-state index contributed by atoms with van der Waals surface area (Å²) in [7, 11) is 0. The lowest BCUT2D eigenvalue weighted by molar-refractivity contribution is 0.0955. The number of nitrogens with one attached hydrogen (secondary N) is 2. The Bertz CT molecular complexity index is 697. The summed E-state index contributed by atoms with van der Waals surface area (Å²) in [6.45, 7) is 0.457. The number of anilines is 1. The van der Waals surface area contributed by atoms with Crippen molar-refractivity contribution in [2.75, 3.05) is 11.9 Å². The number of hydrogen-bond acceptors (Lipinski definition) is 5. The first-order chi connectivity index (χ1) is 11.1. The van der Waals surface area contributed by atoms with Gasteiger partial charge in [0.2, 0.25) is 0 Å². The molecule has 0 saturated heterocycles. The first kappa shape index (κ1) is 15.6. The van der Waals surface area contributed by atoms with Crippen LogP contribution >= 0.6 is 11.3 Å². The van der Waals surface area contributed by atoms with Crippen LogP contribution in [0.1, 0.15) is 32.9 Å². The van der Waals surface area contributed by atoms with Gasteiger partial charge in [0, 0.05) is 30.5 Å². The summed E-state index contributed by atoms with van der Waals surface area (Å²) in [6.07, 6.45) is 5.39. The molecule has 1 aliphatic rings. The molecule has 1 unspecified atom stereocenters. The van der Waals surface area contributed by atoms with Crippen molar-refractivity contribution in [2.45, 2.75) is 18.9 Å². The smallest absolute Gasteiger partial charge is 0.263 e. The maximum atomic E-state index is 12.3. The molecule has 7 heteroatoms. The number of amides is 2. The lowest BCUT2D eigenvalue weighted by Crippen LogP contribution is -2.38. The molecule has 23 heavy (non-hydrogen) atoms. The predicted molar refractivity (Wildman–Crippen MR) is 89.5 cm³/mol. The Balaban J connectivity index is 1.62. The summed E-state index contributed by atoms with van der Waals surface area (Å²) in [4.78, 5) is 28.8. The summed E-state index contributed by atoms with van der Waals surface area (Å²) in [6, 6.07) is 4.97. The molecule has 2 aromatic rings. The average Bonchev–Trinajstić information content (AvgIpc) is 3.33. The quantitative estimate of drug-likeness (QED) is 0.753. The summed E-state index contributed by atoms with van der Waals surface area (Å²) in [5.74, 6) is 0.0557. The minimum absolute atomic E-state index is 0.00812. The Hall–Kier alpha value is -2.25. The van der Waals surface area contributed by atoms with Crippen molar-refractivity contribution in [1.82, 2.24) is 10.3 Å². The first-order valence-electron chi connectivity index (χ1n) is 7.48. The highest BCUT2D eigenvalue weighted by molar-refractivity contribution is 7.12. The van der Waals surface area contributed by atoms with Crippen LogP contribution in [0.5, 0.6) is 0 Å². The van der Waals surface area contributed by atoms with Crippen LogP contribution in [-0.2, 0) is 0 Å². The van der Waals surface area contributed by atoms with Gasteiger partial charge in [0.1, 0.15) is 4.88 Å². The van der Waals surface area contributed by atoms with Crippen LogP contribution in [-0.4, -0.2) is 29.4 Å². The van der Waals surface area contributed by atoms with Crippen LogP contribution in [0.2, 0.25) is 0 Å². The van der Waals surface area contributed by atoms with Crippen molar-refractivity contribution in [3.63, 3.8) is 0 Å². The Morgan fingerprint density at radius 3 is 2.70 bits per heavy atom. The second-order valence-corrected chi connectivity index (χ2v) is 6.48. The van der Waals surface area contributed by atoms with Crippen molar-refractivity contribution < 1.29 is 9.59 Å². The molecule has 6 nitrogen and oxygen atoms in total. The number of nitrogens with zero attached hydrogens (tertiary/aromatic N) is 1. The van der Waals surface area contributed by atoms with Gasteiger partial charge in [-0.3, -0.25) is 14.6 Å². The van der Waals surface area contributed by atoms with Gasteiger partial charge < -0.3 is 16.4 Å². The maximum absolute atomic E-state index is 12.3. The van der Waals surface area contributed by atoms with Gasteiger partial charge in [-0.2, -0.15) is 0 Å². The van der Waals surface area contributed by atoms with E-state index < -0.39 is 0 Å². The van der Waals surface area contributed by atoms with E-state index in [4.69, 9.17) is 5.73 Å². The fraction of sp³-hybridized carbons (Fsp3) is 0.312. The van der Waals surface area contributed by atoms with Gasteiger partial charge in [0.25, 0.3) is 11.8 Å². The van der Waals surface area contributed by atoms with E-state index in [2.05, 4.69) is 15.6 Å². The molecular weight excluding hydrogens is 312 g/mol. The van der Waals surface area contributed by atoms with Crippen molar-refractivity contribution in [3.8, 4) is 0 Å². The van der Waals surface area contributed by atoms with Gasteiger partial charge in [-0.25, -0.2) is 0 Å². The minimum Gasteiger partial charge on any atom is -0.350 e. The second-order valence-electron chi connectivity index (χ2n) is 5.56. The Morgan fingerprint density at radius 2 is 2.00 bits per heavy atom. The summed E-state index contributed by atoms with van der Waals surface area (Å²) >= 11 is 1.29. The standard InChI is InChI=1S/C16H18N4O2S/c17-12(10-1-2-10)9-19-16(22)14-13(5-8-23-14)20-15(21)11-3-6-18-7-4-11/h3-8,10,12H,1-2,9,17H2,(H,19,22)(H,20,21). The second kappa shape index (κ2) is 6.89. The molecule has 2 aromatic heterocycles. The highest BCUT2D eigenvalue weighted by Gasteiger charge is 2.28. The molecule has 0 aliphatic heterocycles. The molecule has 1 atom stereocenters. The molecule has 2 heterocycles. The first-order valence-corrected chi connectivity index (χ1v) is 8.36. The van der Waals surface area contributed by atoms with Gasteiger partial charge >= 0.3 is 0 Å². The molecule has 0 aromatic carbocycles. The fourth-order valence-corrected chi connectivity index (χ4v) is 3.03. The number of aromatic nitrogens is 1. The Morgan fingerprint density at radius 1 is 1.26 bits per heavy atom. The number of carbonyl (C=O) groups is 2. The van der Waals surface area contributed by atoms with Crippen LogP contribution in [0.4, 0.5) is 5.69 Å². The van der Waals surface area contributed by atoms with Crippen LogP contribution in [0.15, 0.2) is 36.0 Å². The van der Waals surface area contributed by atoms with E-state index in [9.17, 15) is 9.59 Å². The highest BCUT2D eigenvalue weighted by Crippen LogP contribution is 2.31. The van der Waals surface area contributed by atoms with E-state index in [0.717, 1.165) is 12.8 Å². The lowest BCUT2D eigenvalue weighted by Gasteiger charge is -2.12. The molecule has 0 spiro atoms. The number of thiophene rings is 1. The van der Waals surface area contributed by atoms with E-state index in [1.54, 1.807) is 36.0 Å². The van der Waals surface area contributed by atoms with E-state index >= 15 is 0 Å². The topological polar surface area (TPSA) is 97.1 Å². The zero-order valence-electron chi connectivity index (χ0n) is 12.5. The number of pyridine rings is 1. The molecule has 3 rings (SSSR count). The zero-order valence-corrected chi connectivity index (χ0v) is 13.3. The van der Waals surface area contributed by atoms with Crippen molar-refractivity contribution >= 4 is 28.8 Å². The summed E-state index contributed by atoms with van der Waals surface area (Å²) < 4.78 is 0. The summed E-state index contributed by atoms with van der Waals surface area (Å²) in [5, 5.41) is 7.38.